The first-order valence-electron chi connectivity index (χ1n) is 4.46. The average Bonchev–Trinajstić information content (AvgIpc) is 2.16. The average molecular weight is 189 g/mol. The molecule has 1 aliphatic heterocycles. The fraction of sp³-hybridized carbons (Fsp3) is 0.273. The van der Waals surface area contributed by atoms with Crippen molar-refractivity contribution < 1.29 is 9.53 Å². The number of fused-ring (bicyclic) bond motifs is 1. The van der Waals surface area contributed by atoms with Gasteiger partial charge in [-0.05, 0) is 19.1 Å². The number of hydrogen-bond acceptors (Lipinski definition) is 3. The smallest absolute Gasteiger partial charge is 0.170 e. The third-order valence-electron chi connectivity index (χ3n) is 2.23. The van der Waals surface area contributed by atoms with Crippen LogP contribution in [-0.4, -0.2) is 18.6 Å². The minimum atomic E-state index is 0.134. The first-order chi connectivity index (χ1) is 6.70. The van der Waals surface area contributed by atoms with Crippen LogP contribution in [0, 0.1) is 0 Å². The SMILES string of the molecule is COc1ccc2c(c1)N=C(C)CC2=O. The van der Waals surface area contributed by atoms with E-state index in [1.807, 2.05) is 6.92 Å². The Kier molecular flexibility index (Phi) is 2.08. The largest absolute Gasteiger partial charge is 0.497 e. The fourth-order valence-electron chi connectivity index (χ4n) is 1.54. The van der Waals surface area contributed by atoms with Crippen LogP contribution in [0.3, 0.4) is 0 Å². The number of methoxy groups -OCH3 is 1. The third kappa shape index (κ3) is 1.41. The minimum absolute atomic E-state index is 0.134. The molecule has 0 N–H and O–H groups in total. The second-order valence-electron chi connectivity index (χ2n) is 3.33. The number of carbonyl (C=O) groups is 1. The monoisotopic (exact) mass is 189 g/mol. The summed E-state index contributed by atoms with van der Waals surface area (Å²) in [4.78, 5) is 15.9. The van der Waals surface area contributed by atoms with E-state index in [-0.39, 0.29) is 5.78 Å². The highest BCUT2D eigenvalue weighted by Gasteiger charge is 2.17. The molecule has 2 rings (SSSR count). The highest BCUT2D eigenvalue weighted by Crippen LogP contribution is 2.29. The van der Waals surface area contributed by atoms with E-state index in [0.717, 1.165) is 17.1 Å². The van der Waals surface area contributed by atoms with Crippen LogP contribution < -0.4 is 4.74 Å². The summed E-state index contributed by atoms with van der Waals surface area (Å²) in [6, 6.07) is 5.34. The Balaban J connectivity index is 2.55. The topological polar surface area (TPSA) is 38.7 Å². The molecule has 3 nitrogen and oxygen atoms in total. The predicted octanol–water partition coefficient (Wildman–Crippen LogP) is 2.37. The molecule has 1 heterocycles. The number of benzene rings is 1. The van der Waals surface area contributed by atoms with Crippen molar-refractivity contribution in [1.82, 2.24) is 0 Å². The van der Waals surface area contributed by atoms with Gasteiger partial charge in [-0.1, -0.05) is 0 Å². The number of aliphatic imine (C=N–C) groups is 1. The molecule has 0 fully saturated rings. The van der Waals surface area contributed by atoms with Gasteiger partial charge in [-0.3, -0.25) is 9.79 Å². The Labute approximate surface area is 82.4 Å². The van der Waals surface area contributed by atoms with E-state index in [1.165, 1.54) is 0 Å². The molecule has 14 heavy (non-hydrogen) atoms. The number of carbonyl (C=O) groups excluding carboxylic acids is 1. The third-order valence-corrected chi connectivity index (χ3v) is 2.23. The minimum Gasteiger partial charge on any atom is -0.497 e. The zero-order chi connectivity index (χ0) is 10.1. The number of nitrogens with zero attached hydrogens (tertiary/aromatic N) is 1. The molecule has 0 saturated heterocycles. The molecule has 72 valence electrons. The summed E-state index contributed by atoms with van der Waals surface area (Å²) in [6.07, 6.45) is 0.430. The second-order valence-corrected chi connectivity index (χ2v) is 3.33. The van der Waals surface area contributed by atoms with Crippen LogP contribution in [0.2, 0.25) is 0 Å². The molecule has 0 atom stereocenters. The quantitative estimate of drug-likeness (QED) is 0.680. The van der Waals surface area contributed by atoms with Crippen molar-refractivity contribution in [1.29, 1.82) is 0 Å². The van der Waals surface area contributed by atoms with Gasteiger partial charge in [0.2, 0.25) is 0 Å². The maximum atomic E-state index is 11.6. The summed E-state index contributed by atoms with van der Waals surface area (Å²) in [5.74, 6) is 0.866. The van der Waals surface area contributed by atoms with Crippen LogP contribution in [0.25, 0.3) is 0 Å². The lowest BCUT2D eigenvalue weighted by Crippen LogP contribution is -2.10. The van der Waals surface area contributed by atoms with Crippen molar-refractivity contribution in [2.45, 2.75) is 13.3 Å². The zero-order valence-electron chi connectivity index (χ0n) is 8.20. The molecule has 0 aromatic heterocycles. The highest BCUT2D eigenvalue weighted by atomic mass is 16.5. The van der Waals surface area contributed by atoms with E-state index in [9.17, 15) is 4.79 Å². The van der Waals surface area contributed by atoms with Gasteiger partial charge in [-0.2, -0.15) is 0 Å². The summed E-state index contributed by atoms with van der Waals surface area (Å²) in [7, 11) is 1.60. The summed E-state index contributed by atoms with van der Waals surface area (Å²) in [5, 5.41) is 0. The lowest BCUT2D eigenvalue weighted by atomic mass is 10.0. The lowest BCUT2D eigenvalue weighted by Gasteiger charge is -2.12. The molecule has 0 aliphatic carbocycles. The van der Waals surface area contributed by atoms with Crippen LogP contribution in [0.1, 0.15) is 23.7 Å². The number of Topliss-reactive ketones (excluding diaryl/α,β-unsaturated/α-hetero) is 1. The Morgan fingerprint density at radius 2 is 2.21 bits per heavy atom. The van der Waals surface area contributed by atoms with Crippen LogP contribution in [0.4, 0.5) is 5.69 Å². The summed E-state index contributed by atoms with van der Waals surface area (Å²) >= 11 is 0. The van der Waals surface area contributed by atoms with Crippen LogP contribution in [-0.2, 0) is 0 Å². The molecule has 0 radical (unpaired) electrons. The highest BCUT2D eigenvalue weighted by molar-refractivity contribution is 6.15. The Morgan fingerprint density at radius 1 is 1.43 bits per heavy atom. The van der Waals surface area contributed by atoms with Gasteiger partial charge in [0.15, 0.2) is 5.78 Å². The summed E-state index contributed by atoms with van der Waals surface area (Å²) < 4.78 is 5.07. The zero-order valence-corrected chi connectivity index (χ0v) is 8.20. The van der Waals surface area contributed by atoms with Gasteiger partial charge in [-0.15, -0.1) is 0 Å². The van der Waals surface area contributed by atoms with Gasteiger partial charge >= 0.3 is 0 Å². The molecule has 0 spiro atoms. The fourth-order valence-corrected chi connectivity index (χ4v) is 1.54. The van der Waals surface area contributed by atoms with Gasteiger partial charge in [0, 0.05) is 23.8 Å². The molecule has 0 amide bonds. The standard InChI is InChI=1S/C11H11NO2/c1-7-5-11(13)9-4-3-8(14-2)6-10(9)12-7/h3-4,6H,5H2,1-2H3. The molecule has 1 aromatic rings. The van der Waals surface area contributed by atoms with E-state index in [1.54, 1.807) is 25.3 Å². The van der Waals surface area contributed by atoms with E-state index in [0.29, 0.717) is 12.0 Å². The Bertz CT molecular complexity index is 421. The number of ketones is 1. The van der Waals surface area contributed by atoms with Crippen molar-refractivity contribution in [3.05, 3.63) is 23.8 Å². The predicted molar refractivity (Wildman–Crippen MR) is 54.7 cm³/mol. The van der Waals surface area contributed by atoms with Crippen molar-refractivity contribution in [2.24, 2.45) is 4.99 Å². The van der Waals surface area contributed by atoms with Crippen molar-refractivity contribution in [3.8, 4) is 5.75 Å². The maximum absolute atomic E-state index is 11.6. The van der Waals surface area contributed by atoms with Gasteiger partial charge in [0.1, 0.15) is 5.75 Å². The van der Waals surface area contributed by atoms with E-state index >= 15 is 0 Å². The molecule has 1 aromatic carbocycles. The van der Waals surface area contributed by atoms with Crippen molar-refractivity contribution >= 4 is 17.2 Å². The summed E-state index contributed by atoms with van der Waals surface area (Å²) in [6.45, 7) is 1.86. The van der Waals surface area contributed by atoms with E-state index < -0.39 is 0 Å². The molecule has 3 heteroatoms. The molecule has 0 unspecified atom stereocenters. The van der Waals surface area contributed by atoms with Gasteiger partial charge < -0.3 is 4.74 Å². The van der Waals surface area contributed by atoms with Crippen molar-refractivity contribution in [3.63, 3.8) is 0 Å². The van der Waals surface area contributed by atoms with Gasteiger partial charge in [-0.25, -0.2) is 0 Å². The molecular weight excluding hydrogens is 178 g/mol. The number of rotatable bonds is 1. The number of hydrogen-bond donors (Lipinski definition) is 0. The van der Waals surface area contributed by atoms with Gasteiger partial charge in [0.05, 0.1) is 12.8 Å². The van der Waals surface area contributed by atoms with Crippen LogP contribution in [0.15, 0.2) is 23.2 Å². The first-order valence-corrected chi connectivity index (χ1v) is 4.46. The second kappa shape index (κ2) is 3.25. The van der Waals surface area contributed by atoms with Gasteiger partial charge in [0.25, 0.3) is 0 Å². The molecular formula is C11H11NO2. The molecule has 0 bridgehead atoms. The van der Waals surface area contributed by atoms with Crippen LogP contribution >= 0.6 is 0 Å². The van der Waals surface area contributed by atoms with Crippen molar-refractivity contribution in [2.75, 3.05) is 7.11 Å². The summed E-state index contributed by atoms with van der Waals surface area (Å²) in [5.41, 5.74) is 2.27. The lowest BCUT2D eigenvalue weighted by molar-refractivity contribution is 0.0999. The van der Waals surface area contributed by atoms with E-state index in [2.05, 4.69) is 4.99 Å². The first kappa shape index (κ1) is 8.94. The van der Waals surface area contributed by atoms with Crippen LogP contribution in [0.5, 0.6) is 5.75 Å². The Hall–Kier alpha value is -1.64. The van der Waals surface area contributed by atoms with E-state index in [4.69, 9.17) is 4.74 Å². The maximum Gasteiger partial charge on any atom is 0.170 e. The number of ether oxygens (including phenoxy) is 1. The molecule has 0 saturated carbocycles. The Morgan fingerprint density at radius 3 is 2.93 bits per heavy atom. The normalized spacial score (nSPS) is 14.7. The molecule has 1 aliphatic rings.